The number of nitrogen functional groups attached to an aromatic ring is 1. The number of alkyl halides is 3. The summed E-state index contributed by atoms with van der Waals surface area (Å²) in [6.45, 7) is -0.233. The van der Waals surface area contributed by atoms with Crippen molar-refractivity contribution in [3.05, 3.63) is 47.0 Å². The zero-order valence-corrected chi connectivity index (χ0v) is 13.2. The summed E-state index contributed by atoms with van der Waals surface area (Å²) in [6, 6.07) is 4.77. The predicted octanol–water partition coefficient (Wildman–Crippen LogP) is 3.84. The molecule has 3 rings (SSSR count). The molecule has 3 N–H and O–H groups in total. The Morgan fingerprint density at radius 1 is 1.33 bits per heavy atom. The number of hydrogen-bond acceptors (Lipinski definition) is 4. The Morgan fingerprint density at radius 2 is 2.12 bits per heavy atom. The van der Waals surface area contributed by atoms with Gasteiger partial charge in [-0.1, -0.05) is 11.6 Å². The van der Waals surface area contributed by atoms with Crippen LogP contribution in [0.25, 0.3) is 0 Å². The van der Waals surface area contributed by atoms with Crippen molar-refractivity contribution in [2.45, 2.75) is 24.7 Å². The van der Waals surface area contributed by atoms with Crippen LogP contribution in [0.1, 0.15) is 12.0 Å². The van der Waals surface area contributed by atoms with Crippen LogP contribution in [0, 0.1) is 0 Å². The van der Waals surface area contributed by atoms with Crippen molar-refractivity contribution >= 4 is 28.9 Å². The summed E-state index contributed by atoms with van der Waals surface area (Å²) in [4.78, 5) is 4.45. The molecule has 24 heavy (non-hydrogen) atoms. The second-order valence-electron chi connectivity index (χ2n) is 5.51. The van der Waals surface area contributed by atoms with Gasteiger partial charge < -0.3 is 15.8 Å². The summed E-state index contributed by atoms with van der Waals surface area (Å²) in [5, 5.41) is 3.28. The second-order valence-corrected chi connectivity index (χ2v) is 5.95. The van der Waals surface area contributed by atoms with Crippen molar-refractivity contribution in [3.8, 4) is 0 Å². The van der Waals surface area contributed by atoms with E-state index in [0.29, 0.717) is 27.9 Å². The van der Waals surface area contributed by atoms with Gasteiger partial charge in [-0.15, -0.1) is 0 Å². The van der Waals surface area contributed by atoms with Crippen LogP contribution in [0.3, 0.4) is 0 Å². The first-order chi connectivity index (χ1) is 11.3. The number of nitrogens with one attached hydrogen (secondary N) is 1. The molecule has 2 unspecified atom stereocenters. The van der Waals surface area contributed by atoms with E-state index in [-0.39, 0.29) is 18.7 Å². The highest BCUT2D eigenvalue weighted by Gasteiger charge is 2.30. The SMILES string of the molecule is Nc1cc(C2=NC3C=C(Cl)C=CC3O2)ccc1NCCC(F)(F)F. The number of rotatable bonds is 4. The maximum absolute atomic E-state index is 12.2. The van der Waals surface area contributed by atoms with E-state index in [1.165, 1.54) is 0 Å². The van der Waals surface area contributed by atoms with Gasteiger partial charge in [-0.2, -0.15) is 13.2 Å². The Hall–Kier alpha value is -2.15. The highest BCUT2D eigenvalue weighted by atomic mass is 35.5. The lowest BCUT2D eigenvalue weighted by Crippen LogP contribution is -2.20. The van der Waals surface area contributed by atoms with Gasteiger partial charge in [-0.25, -0.2) is 4.99 Å². The molecule has 1 aromatic rings. The fraction of sp³-hybridized carbons (Fsp3) is 0.312. The number of nitrogens with two attached hydrogens (primary N) is 1. The highest BCUT2D eigenvalue weighted by Crippen LogP contribution is 2.28. The Morgan fingerprint density at radius 3 is 2.83 bits per heavy atom. The minimum Gasteiger partial charge on any atom is -0.467 e. The molecule has 0 aromatic heterocycles. The first-order valence-corrected chi connectivity index (χ1v) is 7.70. The number of nitrogens with zero attached hydrogens (tertiary/aromatic N) is 1. The molecule has 1 heterocycles. The molecule has 1 aromatic carbocycles. The number of benzene rings is 1. The van der Waals surface area contributed by atoms with Gasteiger partial charge in [0, 0.05) is 17.1 Å². The lowest BCUT2D eigenvalue weighted by Gasteiger charge is -2.15. The average molecular weight is 358 g/mol. The number of halogens is 4. The second kappa shape index (κ2) is 6.39. The minimum atomic E-state index is -4.20. The molecule has 2 atom stereocenters. The van der Waals surface area contributed by atoms with E-state index in [2.05, 4.69) is 10.3 Å². The van der Waals surface area contributed by atoms with Crippen molar-refractivity contribution in [2.24, 2.45) is 4.99 Å². The minimum absolute atomic E-state index is 0.177. The Balaban J connectivity index is 1.69. The predicted molar refractivity (Wildman–Crippen MR) is 88.3 cm³/mol. The molecule has 1 aliphatic heterocycles. The van der Waals surface area contributed by atoms with Crippen molar-refractivity contribution in [1.29, 1.82) is 0 Å². The zero-order valence-electron chi connectivity index (χ0n) is 12.5. The van der Waals surface area contributed by atoms with Crippen molar-refractivity contribution < 1.29 is 17.9 Å². The Labute approximate surface area is 141 Å². The van der Waals surface area contributed by atoms with E-state index in [1.54, 1.807) is 30.4 Å². The Kier molecular flexibility index (Phi) is 4.45. The third kappa shape index (κ3) is 3.84. The number of ether oxygens (including phenoxy) is 1. The molecule has 0 spiro atoms. The first-order valence-electron chi connectivity index (χ1n) is 7.32. The molecule has 0 amide bonds. The molecular formula is C16H15ClF3N3O. The molecule has 0 radical (unpaired) electrons. The van der Waals surface area contributed by atoms with E-state index in [4.69, 9.17) is 22.1 Å². The van der Waals surface area contributed by atoms with Crippen LogP contribution in [-0.4, -0.2) is 30.8 Å². The van der Waals surface area contributed by atoms with Gasteiger partial charge in [0.2, 0.25) is 5.90 Å². The van der Waals surface area contributed by atoms with Gasteiger partial charge in [0.1, 0.15) is 12.1 Å². The van der Waals surface area contributed by atoms with Gasteiger partial charge in [-0.05, 0) is 36.4 Å². The van der Waals surface area contributed by atoms with E-state index < -0.39 is 12.6 Å². The third-order valence-corrected chi connectivity index (χ3v) is 3.90. The monoisotopic (exact) mass is 357 g/mol. The molecule has 0 bridgehead atoms. The number of fused-ring (bicyclic) bond motifs is 1. The molecule has 2 aliphatic rings. The zero-order chi connectivity index (χ0) is 17.3. The van der Waals surface area contributed by atoms with E-state index >= 15 is 0 Å². The topological polar surface area (TPSA) is 59.6 Å². The summed E-state index contributed by atoms with van der Waals surface area (Å²) in [7, 11) is 0. The van der Waals surface area contributed by atoms with Gasteiger partial charge >= 0.3 is 6.18 Å². The van der Waals surface area contributed by atoms with Crippen LogP contribution in [-0.2, 0) is 4.74 Å². The maximum Gasteiger partial charge on any atom is 0.390 e. The molecule has 4 nitrogen and oxygen atoms in total. The summed E-state index contributed by atoms with van der Waals surface area (Å²) in [6.07, 6.45) is 0.0616. The van der Waals surface area contributed by atoms with Crippen molar-refractivity contribution in [3.63, 3.8) is 0 Å². The van der Waals surface area contributed by atoms with Crippen molar-refractivity contribution in [1.82, 2.24) is 0 Å². The number of allylic oxidation sites excluding steroid dienone is 2. The largest absolute Gasteiger partial charge is 0.467 e. The number of anilines is 2. The molecule has 1 aliphatic carbocycles. The summed E-state index contributed by atoms with van der Waals surface area (Å²) < 4.78 is 42.3. The summed E-state index contributed by atoms with van der Waals surface area (Å²) in [5.74, 6) is 0.436. The smallest absolute Gasteiger partial charge is 0.390 e. The Bertz CT molecular complexity index is 728. The van der Waals surface area contributed by atoms with E-state index in [9.17, 15) is 13.2 Å². The number of hydrogen-bond donors (Lipinski definition) is 2. The fourth-order valence-electron chi connectivity index (χ4n) is 2.47. The summed E-state index contributed by atoms with van der Waals surface area (Å²) in [5.41, 5.74) is 7.35. The van der Waals surface area contributed by atoms with Crippen LogP contribution in [0.5, 0.6) is 0 Å². The fourth-order valence-corrected chi connectivity index (χ4v) is 2.67. The first kappa shape index (κ1) is 16.7. The summed E-state index contributed by atoms with van der Waals surface area (Å²) >= 11 is 5.94. The van der Waals surface area contributed by atoms with E-state index in [1.807, 2.05) is 6.08 Å². The highest BCUT2D eigenvalue weighted by molar-refractivity contribution is 6.31. The molecule has 0 fully saturated rings. The van der Waals surface area contributed by atoms with Gasteiger partial charge in [0.25, 0.3) is 0 Å². The van der Waals surface area contributed by atoms with Gasteiger partial charge in [0.15, 0.2) is 0 Å². The van der Waals surface area contributed by atoms with Crippen LogP contribution in [0.4, 0.5) is 24.5 Å². The maximum atomic E-state index is 12.2. The standard InChI is InChI=1S/C16H15ClF3N3O/c17-10-2-4-14-13(8-10)23-15(24-14)9-1-3-12(11(21)7-9)22-6-5-16(18,19)20/h1-4,7-8,13-14,22H,5-6,21H2. The van der Waals surface area contributed by atoms with Gasteiger partial charge in [0.05, 0.1) is 17.8 Å². The lowest BCUT2D eigenvalue weighted by atomic mass is 10.1. The van der Waals surface area contributed by atoms with Crippen LogP contribution >= 0.6 is 11.6 Å². The third-order valence-electron chi connectivity index (χ3n) is 3.65. The molecule has 128 valence electrons. The van der Waals surface area contributed by atoms with Crippen LogP contribution in [0.2, 0.25) is 0 Å². The molecule has 0 saturated heterocycles. The quantitative estimate of drug-likeness (QED) is 0.805. The number of aliphatic imine (C=N–C) groups is 1. The van der Waals surface area contributed by atoms with Gasteiger partial charge in [-0.3, -0.25) is 0 Å². The average Bonchev–Trinajstić information content (AvgIpc) is 2.90. The van der Waals surface area contributed by atoms with Crippen LogP contribution in [0.15, 0.2) is 46.5 Å². The molecule has 0 saturated carbocycles. The van der Waals surface area contributed by atoms with Crippen LogP contribution < -0.4 is 11.1 Å². The molecular weight excluding hydrogens is 343 g/mol. The normalized spacial score (nSPS) is 22.5. The van der Waals surface area contributed by atoms with E-state index in [0.717, 1.165) is 0 Å². The lowest BCUT2D eigenvalue weighted by molar-refractivity contribution is -0.131. The van der Waals surface area contributed by atoms with Crippen molar-refractivity contribution in [2.75, 3.05) is 17.6 Å². The molecule has 8 heteroatoms.